The van der Waals surface area contributed by atoms with Gasteiger partial charge in [-0.05, 0) is 112 Å². The molecule has 20 heavy (non-hydrogen) atoms. The number of rotatable bonds is 0. The fourth-order valence-corrected chi connectivity index (χ4v) is 8.45. The molecule has 0 heteroatoms. The van der Waals surface area contributed by atoms with Gasteiger partial charge in [0.05, 0.1) is 0 Å². The fraction of sp³-hybridized carbons (Fsp3) is 0.900. The van der Waals surface area contributed by atoms with Crippen LogP contribution in [0.5, 0.6) is 0 Å². The van der Waals surface area contributed by atoms with Gasteiger partial charge in [0.25, 0.3) is 0 Å². The van der Waals surface area contributed by atoms with Gasteiger partial charge >= 0.3 is 0 Å². The van der Waals surface area contributed by atoms with Crippen molar-refractivity contribution in [1.29, 1.82) is 0 Å². The molecule has 0 aromatic heterocycles. The molecule has 108 valence electrons. The van der Waals surface area contributed by atoms with E-state index in [4.69, 9.17) is 0 Å². The Balaban J connectivity index is 1.42. The lowest BCUT2D eigenvalue weighted by atomic mass is 9.86. The molecule has 0 nitrogen and oxygen atoms in total. The van der Waals surface area contributed by atoms with E-state index in [1.165, 1.54) is 0 Å². The van der Waals surface area contributed by atoms with Crippen molar-refractivity contribution in [2.45, 2.75) is 64.2 Å². The second kappa shape index (κ2) is 3.73. The third-order valence-electron chi connectivity index (χ3n) is 8.89. The Morgan fingerprint density at radius 1 is 0.450 bits per heavy atom. The predicted octanol–water partition coefficient (Wildman–Crippen LogP) is 5.20. The van der Waals surface area contributed by atoms with Crippen molar-refractivity contribution < 1.29 is 0 Å². The maximum Gasteiger partial charge on any atom is -0.0166 e. The van der Waals surface area contributed by atoms with Gasteiger partial charge < -0.3 is 0 Å². The van der Waals surface area contributed by atoms with Crippen molar-refractivity contribution in [3.8, 4) is 0 Å². The highest BCUT2D eigenvalue weighted by atomic mass is 14.6. The van der Waals surface area contributed by atoms with Gasteiger partial charge in [0, 0.05) is 0 Å². The first-order chi connectivity index (χ1) is 9.90. The minimum atomic E-state index is 1.08. The van der Waals surface area contributed by atoms with Gasteiger partial charge in [0.2, 0.25) is 0 Å². The van der Waals surface area contributed by atoms with E-state index in [0.717, 1.165) is 47.3 Å². The molecule has 0 N–H and O–H groups in total. The second-order valence-corrected chi connectivity index (χ2v) is 9.18. The first-order valence-electron chi connectivity index (χ1n) is 9.62. The summed E-state index contributed by atoms with van der Waals surface area (Å²) >= 11 is 0. The lowest BCUT2D eigenvalue weighted by molar-refractivity contribution is 0.359. The Bertz CT molecular complexity index is 442. The molecule has 0 aromatic rings. The number of hydrogen-bond acceptors (Lipinski definition) is 0. The Kier molecular flexibility index (Phi) is 2.11. The van der Waals surface area contributed by atoms with E-state index in [9.17, 15) is 0 Å². The van der Waals surface area contributed by atoms with Crippen LogP contribution in [0, 0.1) is 47.3 Å². The molecule has 0 aliphatic heterocycles. The summed E-state index contributed by atoms with van der Waals surface area (Å²) in [5, 5.41) is 0. The standard InChI is InChI=1S/C20H28/c1-3-13-9-17(15-7-5-11(1)19(13)15)18-10-14-4-2-12-6-8-16(18)20(12)14/h11-16,19-20H,1-10H2/b18-17-/t11-,12+,13+,14-,15-,16-,19+,20+/m0/s1. The summed E-state index contributed by atoms with van der Waals surface area (Å²) in [5.74, 6) is 9.06. The molecule has 6 aliphatic rings. The predicted molar refractivity (Wildman–Crippen MR) is 81.1 cm³/mol. The van der Waals surface area contributed by atoms with Crippen molar-refractivity contribution in [3.05, 3.63) is 11.1 Å². The minimum Gasteiger partial charge on any atom is -0.0670 e. The molecular weight excluding hydrogens is 240 g/mol. The highest BCUT2D eigenvalue weighted by Gasteiger charge is 2.56. The monoisotopic (exact) mass is 268 g/mol. The van der Waals surface area contributed by atoms with Crippen LogP contribution in [0.25, 0.3) is 0 Å². The van der Waals surface area contributed by atoms with Crippen LogP contribution in [0.2, 0.25) is 0 Å². The summed E-state index contributed by atoms with van der Waals surface area (Å²) < 4.78 is 0. The van der Waals surface area contributed by atoms with Gasteiger partial charge in [-0.3, -0.25) is 0 Å². The quantitative estimate of drug-likeness (QED) is 0.530. The number of allylic oxidation sites excluding steroid dienone is 2. The fourth-order valence-electron chi connectivity index (χ4n) is 8.45. The molecule has 0 bridgehead atoms. The molecule has 0 aromatic carbocycles. The van der Waals surface area contributed by atoms with Crippen LogP contribution in [-0.4, -0.2) is 0 Å². The van der Waals surface area contributed by atoms with Crippen molar-refractivity contribution in [2.75, 3.05) is 0 Å². The molecule has 0 radical (unpaired) electrons. The Hall–Kier alpha value is -0.260. The van der Waals surface area contributed by atoms with Crippen molar-refractivity contribution in [3.63, 3.8) is 0 Å². The maximum atomic E-state index is 2.07. The first kappa shape index (κ1) is 11.3. The molecule has 8 atom stereocenters. The van der Waals surface area contributed by atoms with E-state index < -0.39 is 0 Å². The van der Waals surface area contributed by atoms with Gasteiger partial charge in [0.15, 0.2) is 0 Å². The lowest BCUT2D eigenvalue weighted by Gasteiger charge is -2.19. The van der Waals surface area contributed by atoms with Crippen LogP contribution >= 0.6 is 0 Å². The highest BCUT2D eigenvalue weighted by molar-refractivity contribution is 5.33. The second-order valence-electron chi connectivity index (χ2n) is 9.18. The zero-order valence-corrected chi connectivity index (χ0v) is 12.7. The van der Waals surface area contributed by atoms with Crippen LogP contribution in [0.3, 0.4) is 0 Å². The molecule has 6 aliphatic carbocycles. The van der Waals surface area contributed by atoms with Crippen molar-refractivity contribution in [1.82, 2.24) is 0 Å². The van der Waals surface area contributed by atoms with E-state index in [-0.39, 0.29) is 0 Å². The maximum absolute atomic E-state index is 2.07. The first-order valence-corrected chi connectivity index (χ1v) is 9.62. The van der Waals surface area contributed by atoms with Crippen LogP contribution in [-0.2, 0) is 0 Å². The van der Waals surface area contributed by atoms with Crippen LogP contribution in [0.4, 0.5) is 0 Å². The van der Waals surface area contributed by atoms with Gasteiger partial charge in [-0.1, -0.05) is 11.1 Å². The van der Waals surface area contributed by atoms with Gasteiger partial charge in [-0.25, -0.2) is 0 Å². The SMILES string of the molecule is C1C[C@@H]2C/C(=C3\C[C@@H]4CC[C@@H]5CC[C@@H]3[C@H]54)[C@@H]3CC[C@H]1[C@H]23. The molecule has 0 saturated heterocycles. The van der Waals surface area contributed by atoms with Crippen LogP contribution < -0.4 is 0 Å². The van der Waals surface area contributed by atoms with E-state index in [1.807, 2.05) is 0 Å². The molecule has 6 saturated carbocycles. The molecule has 0 amide bonds. The van der Waals surface area contributed by atoms with E-state index in [1.54, 1.807) is 64.2 Å². The lowest BCUT2D eigenvalue weighted by Crippen LogP contribution is -2.11. The normalized spacial score (nSPS) is 62.4. The van der Waals surface area contributed by atoms with E-state index >= 15 is 0 Å². The van der Waals surface area contributed by atoms with Crippen LogP contribution in [0.15, 0.2) is 11.1 Å². The zero-order valence-electron chi connectivity index (χ0n) is 12.7. The van der Waals surface area contributed by atoms with E-state index in [2.05, 4.69) is 11.1 Å². The smallest absolute Gasteiger partial charge is 0.0166 e. The average molecular weight is 268 g/mol. The largest absolute Gasteiger partial charge is 0.0670 e. The molecule has 0 spiro atoms. The molecule has 6 rings (SSSR count). The van der Waals surface area contributed by atoms with Gasteiger partial charge in [0.1, 0.15) is 0 Å². The molecule has 0 unspecified atom stereocenters. The topological polar surface area (TPSA) is 0 Å². The summed E-state index contributed by atoms with van der Waals surface area (Å²) in [6.45, 7) is 0. The van der Waals surface area contributed by atoms with Crippen molar-refractivity contribution in [2.24, 2.45) is 47.3 Å². The summed E-state index contributed by atoms with van der Waals surface area (Å²) in [7, 11) is 0. The Morgan fingerprint density at radius 2 is 0.850 bits per heavy atom. The van der Waals surface area contributed by atoms with Crippen molar-refractivity contribution >= 4 is 0 Å². The molecule has 6 fully saturated rings. The number of hydrogen-bond donors (Lipinski definition) is 0. The highest BCUT2D eigenvalue weighted by Crippen LogP contribution is 2.66. The Morgan fingerprint density at radius 3 is 1.35 bits per heavy atom. The Labute approximate surface area is 123 Å². The third kappa shape index (κ3) is 1.22. The summed E-state index contributed by atoms with van der Waals surface area (Å²) in [5.41, 5.74) is 4.14. The van der Waals surface area contributed by atoms with Gasteiger partial charge in [-0.2, -0.15) is 0 Å². The minimum absolute atomic E-state index is 1.08. The average Bonchev–Trinajstić information content (AvgIpc) is 3.18. The summed E-state index contributed by atoms with van der Waals surface area (Å²) in [4.78, 5) is 0. The molecule has 0 heterocycles. The summed E-state index contributed by atoms with van der Waals surface area (Å²) in [6.07, 6.45) is 15.8. The molecular formula is C20H28. The van der Waals surface area contributed by atoms with Crippen LogP contribution in [0.1, 0.15) is 64.2 Å². The zero-order chi connectivity index (χ0) is 12.8. The third-order valence-corrected chi connectivity index (χ3v) is 8.89. The summed E-state index contributed by atoms with van der Waals surface area (Å²) in [6, 6.07) is 0. The van der Waals surface area contributed by atoms with Gasteiger partial charge in [-0.15, -0.1) is 0 Å². The van der Waals surface area contributed by atoms with E-state index in [0.29, 0.717) is 0 Å².